The van der Waals surface area contributed by atoms with Gasteiger partial charge in [0, 0.05) is 18.8 Å². The molecule has 0 aliphatic rings. The summed E-state index contributed by atoms with van der Waals surface area (Å²) in [4.78, 5) is 10.7. The van der Waals surface area contributed by atoms with E-state index in [0.717, 1.165) is 18.7 Å². The van der Waals surface area contributed by atoms with Gasteiger partial charge in [-0.05, 0) is 36.1 Å². The highest BCUT2D eigenvalue weighted by Crippen LogP contribution is 2.20. The molecule has 0 bridgehead atoms. The average molecular weight is 237 g/mol. The van der Waals surface area contributed by atoms with E-state index in [4.69, 9.17) is 10.2 Å². The molecule has 4 heteroatoms. The number of carbonyl (C=O) groups is 1. The van der Waals surface area contributed by atoms with Gasteiger partial charge in [0.05, 0.1) is 5.56 Å². The number of rotatable bonds is 6. The fraction of sp³-hybridized carbons (Fsp3) is 0.462. The largest absolute Gasteiger partial charge is 0.478 e. The topological polar surface area (TPSA) is 69.6 Å². The summed E-state index contributed by atoms with van der Waals surface area (Å²) >= 11 is 0. The van der Waals surface area contributed by atoms with Gasteiger partial charge in [-0.3, -0.25) is 0 Å². The first-order valence-electron chi connectivity index (χ1n) is 5.63. The van der Waals surface area contributed by atoms with Gasteiger partial charge in [-0.25, -0.2) is 4.79 Å². The zero-order chi connectivity index (χ0) is 12.9. The van der Waals surface area contributed by atoms with Crippen molar-refractivity contribution in [2.24, 2.45) is 5.41 Å². The van der Waals surface area contributed by atoms with Gasteiger partial charge < -0.3 is 15.5 Å². The summed E-state index contributed by atoms with van der Waals surface area (Å²) in [6.45, 7) is 5.05. The van der Waals surface area contributed by atoms with Crippen LogP contribution in [0.15, 0.2) is 24.3 Å². The monoisotopic (exact) mass is 237 g/mol. The Morgan fingerprint density at radius 3 is 2.35 bits per heavy atom. The third-order valence-corrected chi connectivity index (χ3v) is 2.69. The van der Waals surface area contributed by atoms with E-state index in [0.29, 0.717) is 0 Å². The Kier molecular flexibility index (Phi) is 4.52. The Labute approximate surface area is 101 Å². The summed E-state index contributed by atoms with van der Waals surface area (Å²) in [6.07, 6.45) is 0.729. The first-order chi connectivity index (χ1) is 7.94. The number of aliphatic hydroxyl groups is 1. The van der Waals surface area contributed by atoms with Gasteiger partial charge in [-0.2, -0.15) is 0 Å². The molecule has 0 spiro atoms. The summed E-state index contributed by atoms with van der Waals surface area (Å²) in [5.74, 6) is -0.919. The Balaban J connectivity index is 2.55. The molecule has 0 aromatic heterocycles. The maximum atomic E-state index is 10.7. The van der Waals surface area contributed by atoms with E-state index in [1.54, 1.807) is 24.3 Å². The van der Waals surface area contributed by atoms with Gasteiger partial charge in [0.15, 0.2) is 0 Å². The van der Waals surface area contributed by atoms with Gasteiger partial charge in [-0.1, -0.05) is 13.8 Å². The second-order valence-corrected chi connectivity index (χ2v) is 4.87. The summed E-state index contributed by atoms with van der Waals surface area (Å²) in [5.41, 5.74) is 1.19. The lowest BCUT2D eigenvalue weighted by Gasteiger charge is -2.24. The second-order valence-electron chi connectivity index (χ2n) is 4.87. The van der Waals surface area contributed by atoms with Crippen molar-refractivity contribution in [2.45, 2.75) is 20.3 Å². The van der Waals surface area contributed by atoms with Crippen LogP contribution in [0.5, 0.6) is 0 Å². The van der Waals surface area contributed by atoms with Gasteiger partial charge >= 0.3 is 5.97 Å². The molecular formula is C13H19NO3. The molecule has 1 rings (SSSR count). The first kappa shape index (κ1) is 13.5. The third-order valence-electron chi connectivity index (χ3n) is 2.69. The lowest BCUT2D eigenvalue weighted by molar-refractivity contribution is 0.0697. The minimum Gasteiger partial charge on any atom is -0.478 e. The van der Waals surface area contributed by atoms with Gasteiger partial charge in [0.1, 0.15) is 0 Å². The van der Waals surface area contributed by atoms with Gasteiger partial charge in [0.2, 0.25) is 0 Å². The standard InChI is InChI=1S/C13H19NO3/c1-13(2,7-8-15)9-14-11-5-3-10(4-6-11)12(16)17/h3-6,14-15H,7-9H2,1-2H3,(H,16,17). The van der Waals surface area contributed by atoms with Crippen LogP contribution in [0, 0.1) is 5.41 Å². The molecule has 0 unspecified atom stereocenters. The molecule has 0 saturated carbocycles. The molecule has 0 amide bonds. The normalized spacial score (nSPS) is 11.2. The Hall–Kier alpha value is -1.55. The highest BCUT2D eigenvalue weighted by atomic mass is 16.4. The molecule has 0 saturated heterocycles. The number of hydrogen-bond acceptors (Lipinski definition) is 3. The number of nitrogens with one attached hydrogen (secondary N) is 1. The minimum absolute atomic E-state index is 0.0141. The van der Waals surface area contributed by atoms with E-state index in [2.05, 4.69) is 19.2 Å². The van der Waals surface area contributed by atoms with Crippen LogP contribution in [-0.4, -0.2) is 29.3 Å². The lowest BCUT2D eigenvalue weighted by Crippen LogP contribution is -2.24. The third kappa shape index (κ3) is 4.44. The van der Waals surface area contributed by atoms with Crippen molar-refractivity contribution in [1.82, 2.24) is 0 Å². The molecule has 0 radical (unpaired) electrons. The maximum Gasteiger partial charge on any atom is 0.335 e. The zero-order valence-corrected chi connectivity index (χ0v) is 10.2. The number of aromatic carboxylic acids is 1. The molecule has 94 valence electrons. The van der Waals surface area contributed by atoms with Gasteiger partial charge in [0.25, 0.3) is 0 Å². The lowest BCUT2D eigenvalue weighted by atomic mass is 9.89. The molecule has 0 atom stereocenters. The van der Waals surface area contributed by atoms with E-state index in [-0.39, 0.29) is 17.6 Å². The highest BCUT2D eigenvalue weighted by molar-refractivity contribution is 5.87. The number of carboxylic acid groups (broad SMARTS) is 1. The minimum atomic E-state index is -0.919. The molecular weight excluding hydrogens is 218 g/mol. The quantitative estimate of drug-likeness (QED) is 0.709. The SMILES string of the molecule is CC(C)(CCO)CNc1ccc(C(=O)O)cc1. The van der Waals surface area contributed by atoms with Crippen molar-refractivity contribution in [3.63, 3.8) is 0 Å². The van der Waals surface area contributed by atoms with Gasteiger partial charge in [-0.15, -0.1) is 0 Å². The van der Waals surface area contributed by atoms with Crippen molar-refractivity contribution in [3.8, 4) is 0 Å². The van der Waals surface area contributed by atoms with Crippen LogP contribution in [0.3, 0.4) is 0 Å². The van der Waals surface area contributed by atoms with E-state index in [1.807, 2.05) is 0 Å². The summed E-state index contributed by atoms with van der Waals surface area (Å²) in [6, 6.07) is 6.64. The second kappa shape index (κ2) is 5.68. The Bertz CT molecular complexity index is 371. The smallest absolute Gasteiger partial charge is 0.335 e. The maximum absolute atomic E-state index is 10.7. The van der Waals surface area contributed by atoms with Crippen molar-refractivity contribution in [1.29, 1.82) is 0 Å². The number of aliphatic hydroxyl groups excluding tert-OH is 1. The molecule has 0 heterocycles. The highest BCUT2D eigenvalue weighted by Gasteiger charge is 2.16. The number of anilines is 1. The number of carboxylic acids is 1. The molecule has 1 aromatic carbocycles. The molecule has 4 nitrogen and oxygen atoms in total. The predicted molar refractivity (Wildman–Crippen MR) is 67.4 cm³/mol. The average Bonchev–Trinajstić information content (AvgIpc) is 2.27. The summed E-state index contributed by atoms with van der Waals surface area (Å²) in [7, 11) is 0. The van der Waals surface area contributed by atoms with Crippen molar-refractivity contribution >= 4 is 11.7 Å². The molecule has 17 heavy (non-hydrogen) atoms. The van der Waals surface area contributed by atoms with Crippen molar-refractivity contribution in [2.75, 3.05) is 18.5 Å². The van der Waals surface area contributed by atoms with E-state index < -0.39 is 5.97 Å². The fourth-order valence-electron chi connectivity index (χ4n) is 1.46. The van der Waals surface area contributed by atoms with Crippen LogP contribution in [0.1, 0.15) is 30.6 Å². The van der Waals surface area contributed by atoms with Crippen LogP contribution in [0.2, 0.25) is 0 Å². The van der Waals surface area contributed by atoms with E-state index in [1.165, 1.54) is 0 Å². The van der Waals surface area contributed by atoms with E-state index >= 15 is 0 Å². The molecule has 0 fully saturated rings. The first-order valence-corrected chi connectivity index (χ1v) is 5.63. The van der Waals surface area contributed by atoms with Crippen molar-refractivity contribution < 1.29 is 15.0 Å². The molecule has 1 aromatic rings. The number of hydrogen-bond donors (Lipinski definition) is 3. The van der Waals surface area contributed by atoms with E-state index in [9.17, 15) is 4.79 Å². The van der Waals surface area contributed by atoms with Crippen molar-refractivity contribution in [3.05, 3.63) is 29.8 Å². The van der Waals surface area contributed by atoms with Crippen LogP contribution in [-0.2, 0) is 0 Å². The Morgan fingerprint density at radius 2 is 1.88 bits per heavy atom. The summed E-state index contributed by atoms with van der Waals surface area (Å²) < 4.78 is 0. The van der Waals surface area contributed by atoms with Crippen LogP contribution in [0.4, 0.5) is 5.69 Å². The summed E-state index contributed by atoms with van der Waals surface area (Å²) in [5, 5.41) is 20.9. The molecule has 0 aliphatic heterocycles. The Morgan fingerprint density at radius 1 is 1.29 bits per heavy atom. The zero-order valence-electron chi connectivity index (χ0n) is 10.2. The van der Waals surface area contributed by atoms with Crippen LogP contribution < -0.4 is 5.32 Å². The predicted octanol–water partition coefficient (Wildman–Crippen LogP) is 2.21. The number of benzene rings is 1. The fourth-order valence-corrected chi connectivity index (χ4v) is 1.46. The molecule has 3 N–H and O–H groups in total. The van der Waals surface area contributed by atoms with Crippen LogP contribution >= 0.6 is 0 Å². The van der Waals surface area contributed by atoms with Crippen LogP contribution in [0.25, 0.3) is 0 Å². The molecule has 0 aliphatic carbocycles.